The van der Waals surface area contributed by atoms with Crippen LogP contribution in [0.2, 0.25) is 0 Å². The first-order valence-corrected chi connectivity index (χ1v) is 5.83. The zero-order valence-electron chi connectivity index (χ0n) is 10.7. The summed E-state index contributed by atoms with van der Waals surface area (Å²) in [4.78, 5) is 8.25. The Morgan fingerprint density at radius 2 is 2.00 bits per heavy atom. The van der Waals surface area contributed by atoms with Crippen molar-refractivity contribution in [1.82, 2.24) is 9.97 Å². The molecule has 1 heterocycles. The molecule has 90 valence electrons. The van der Waals surface area contributed by atoms with Gasteiger partial charge in [-0.05, 0) is 18.3 Å². The third-order valence-electron chi connectivity index (χ3n) is 3.02. The van der Waals surface area contributed by atoms with Crippen molar-refractivity contribution < 1.29 is 0 Å². The number of hydrogen-bond donors (Lipinski definition) is 2. The fraction of sp³-hybridized carbons (Fsp3) is 0.667. The van der Waals surface area contributed by atoms with Gasteiger partial charge in [0.1, 0.15) is 18.0 Å². The summed E-state index contributed by atoms with van der Waals surface area (Å²) in [6, 6.07) is 0. The van der Waals surface area contributed by atoms with E-state index in [-0.39, 0.29) is 5.41 Å². The Morgan fingerprint density at radius 3 is 2.56 bits per heavy atom. The van der Waals surface area contributed by atoms with Crippen molar-refractivity contribution in [3.63, 3.8) is 0 Å². The predicted octanol–water partition coefficient (Wildman–Crippen LogP) is 2.47. The molecular weight excluding hydrogens is 200 g/mol. The molecule has 0 saturated carbocycles. The Kier molecular flexibility index (Phi) is 4.10. The van der Waals surface area contributed by atoms with Crippen molar-refractivity contribution in [2.24, 2.45) is 5.41 Å². The van der Waals surface area contributed by atoms with Crippen LogP contribution in [0.15, 0.2) is 6.33 Å². The molecule has 0 atom stereocenters. The Labute approximate surface area is 97.7 Å². The van der Waals surface area contributed by atoms with Gasteiger partial charge in [0, 0.05) is 12.1 Å². The lowest BCUT2D eigenvalue weighted by molar-refractivity contribution is 0.376. The molecule has 0 aromatic carbocycles. The Morgan fingerprint density at radius 1 is 1.31 bits per heavy atom. The Bertz CT molecular complexity index is 347. The summed E-state index contributed by atoms with van der Waals surface area (Å²) < 4.78 is 0. The minimum atomic E-state index is 0.269. The number of nitrogens with zero attached hydrogens (tertiary/aromatic N) is 2. The first kappa shape index (κ1) is 12.7. The van der Waals surface area contributed by atoms with Crippen molar-refractivity contribution in [2.45, 2.75) is 40.5 Å². The molecule has 0 radical (unpaired) electrons. The normalized spacial score (nSPS) is 11.5. The largest absolute Gasteiger partial charge is 0.383 e. The second-order valence-electron chi connectivity index (χ2n) is 4.81. The average Bonchev–Trinajstić information content (AvgIpc) is 2.26. The van der Waals surface area contributed by atoms with Crippen LogP contribution < -0.4 is 11.1 Å². The quantitative estimate of drug-likeness (QED) is 0.803. The van der Waals surface area contributed by atoms with Crippen molar-refractivity contribution in [3.05, 3.63) is 11.9 Å². The fourth-order valence-corrected chi connectivity index (χ4v) is 1.37. The van der Waals surface area contributed by atoms with Crippen LogP contribution in [0, 0.1) is 5.41 Å². The van der Waals surface area contributed by atoms with Crippen molar-refractivity contribution >= 4 is 11.6 Å². The van der Waals surface area contributed by atoms with Gasteiger partial charge in [0.2, 0.25) is 0 Å². The molecule has 3 N–H and O–H groups in total. The molecule has 4 heteroatoms. The molecule has 0 aliphatic carbocycles. The third-order valence-corrected chi connectivity index (χ3v) is 3.02. The second kappa shape index (κ2) is 5.14. The van der Waals surface area contributed by atoms with Gasteiger partial charge in [-0.25, -0.2) is 9.97 Å². The summed E-state index contributed by atoms with van der Waals surface area (Å²) in [5.74, 6) is 1.45. The second-order valence-corrected chi connectivity index (χ2v) is 4.81. The minimum absolute atomic E-state index is 0.269. The van der Waals surface area contributed by atoms with E-state index in [0.29, 0.717) is 5.82 Å². The fourth-order valence-electron chi connectivity index (χ4n) is 1.37. The summed E-state index contributed by atoms with van der Waals surface area (Å²) in [5.41, 5.74) is 7.09. The van der Waals surface area contributed by atoms with Crippen LogP contribution in [0.25, 0.3) is 0 Å². The van der Waals surface area contributed by atoms with Gasteiger partial charge < -0.3 is 11.1 Å². The van der Waals surface area contributed by atoms with E-state index < -0.39 is 0 Å². The number of nitrogens with two attached hydrogens (primary N) is 1. The molecule has 0 fully saturated rings. The van der Waals surface area contributed by atoms with Gasteiger partial charge in [-0.2, -0.15) is 0 Å². The smallest absolute Gasteiger partial charge is 0.134 e. The summed E-state index contributed by atoms with van der Waals surface area (Å²) >= 11 is 0. The summed E-state index contributed by atoms with van der Waals surface area (Å²) in [5, 5.41) is 3.37. The van der Waals surface area contributed by atoms with E-state index in [2.05, 4.69) is 43.0 Å². The van der Waals surface area contributed by atoms with Gasteiger partial charge in [0.05, 0.1) is 0 Å². The molecule has 0 amide bonds. The van der Waals surface area contributed by atoms with Crippen LogP contribution in [-0.2, 0) is 6.42 Å². The van der Waals surface area contributed by atoms with Crippen LogP contribution >= 0.6 is 0 Å². The number of hydrogen-bond acceptors (Lipinski definition) is 4. The van der Waals surface area contributed by atoms with Gasteiger partial charge in [-0.3, -0.25) is 0 Å². The maximum atomic E-state index is 5.81. The highest BCUT2D eigenvalue weighted by molar-refractivity contribution is 5.54. The van der Waals surface area contributed by atoms with E-state index in [4.69, 9.17) is 5.73 Å². The monoisotopic (exact) mass is 222 g/mol. The van der Waals surface area contributed by atoms with E-state index in [1.54, 1.807) is 0 Å². The van der Waals surface area contributed by atoms with E-state index in [0.717, 1.165) is 30.8 Å². The SMILES string of the molecule is CCc1c(N)ncnc1NCC(C)(C)CC. The van der Waals surface area contributed by atoms with Gasteiger partial charge in [0.15, 0.2) is 0 Å². The predicted molar refractivity (Wildman–Crippen MR) is 68.4 cm³/mol. The molecule has 4 nitrogen and oxygen atoms in total. The van der Waals surface area contributed by atoms with Crippen LogP contribution in [0.1, 0.15) is 39.7 Å². The lowest BCUT2D eigenvalue weighted by atomic mass is 9.90. The summed E-state index contributed by atoms with van der Waals surface area (Å²) in [6.07, 6.45) is 3.49. The first-order chi connectivity index (χ1) is 7.50. The number of aromatic nitrogens is 2. The molecule has 1 aromatic rings. The average molecular weight is 222 g/mol. The molecule has 0 bridgehead atoms. The highest BCUT2D eigenvalue weighted by atomic mass is 15.0. The maximum Gasteiger partial charge on any atom is 0.134 e. The molecule has 16 heavy (non-hydrogen) atoms. The van der Waals surface area contributed by atoms with E-state index in [1.165, 1.54) is 6.33 Å². The zero-order valence-corrected chi connectivity index (χ0v) is 10.7. The van der Waals surface area contributed by atoms with E-state index >= 15 is 0 Å². The van der Waals surface area contributed by atoms with Gasteiger partial charge >= 0.3 is 0 Å². The Hall–Kier alpha value is -1.32. The number of rotatable bonds is 5. The van der Waals surface area contributed by atoms with Gasteiger partial charge in [0.25, 0.3) is 0 Å². The van der Waals surface area contributed by atoms with Crippen LogP contribution in [-0.4, -0.2) is 16.5 Å². The lowest BCUT2D eigenvalue weighted by Gasteiger charge is -2.24. The number of nitrogens with one attached hydrogen (secondary N) is 1. The third kappa shape index (κ3) is 3.08. The molecule has 0 saturated heterocycles. The summed E-state index contributed by atoms with van der Waals surface area (Å²) in [6.45, 7) is 9.61. The van der Waals surface area contributed by atoms with Gasteiger partial charge in [-0.1, -0.05) is 27.7 Å². The lowest BCUT2D eigenvalue weighted by Crippen LogP contribution is -2.23. The molecule has 0 aliphatic rings. The summed E-state index contributed by atoms with van der Waals surface area (Å²) in [7, 11) is 0. The van der Waals surface area contributed by atoms with E-state index in [1.807, 2.05) is 0 Å². The highest BCUT2D eigenvalue weighted by Gasteiger charge is 2.16. The standard InChI is InChI=1S/C12H22N4/c1-5-9-10(13)15-8-16-11(9)14-7-12(3,4)6-2/h8H,5-7H2,1-4H3,(H3,13,14,15,16). The molecule has 1 aromatic heterocycles. The topological polar surface area (TPSA) is 63.8 Å². The number of nitrogen functional groups attached to an aromatic ring is 1. The highest BCUT2D eigenvalue weighted by Crippen LogP contribution is 2.22. The van der Waals surface area contributed by atoms with Crippen molar-refractivity contribution in [3.8, 4) is 0 Å². The molecule has 1 rings (SSSR count). The minimum Gasteiger partial charge on any atom is -0.383 e. The molecule has 0 unspecified atom stereocenters. The van der Waals surface area contributed by atoms with Crippen LogP contribution in [0.5, 0.6) is 0 Å². The van der Waals surface area contributed by atoms with Crippen LogP contribution in [0.3, 0.4) is 0 Å². The van der Waals surface area contributed by atoms with E-state index in [9.17, 15) is 0 Å². The molecule has 0 aliphatic heterocycles. The van der Waals surface area contributed by atoms with Gasteiger partial charge in [-0.15, -0.1) is 0 Å². The zero-order chi connectivity index (χ0) is 12.2. The van der Waals surface area contributed by atoms with Crippen molar-refractivity contribution in [1.29, 1.82) is 0 Å². The molecular formula is C12H22N4. The molecule has 0 spiro atoms. The Balaban J connectivity index is 2.78. The maximum absolute atomic E-state index is 5.81. The first-order valence-electron chi connectivity index (χ1n) is 5.83. The number of anilines is 2. The van der Waals surface area contributed by atoms with Crippen molar-refractivity contribution in [2.75, 3.05) is 17.6 Å². The van der Waals surface area contributed by atoms with Crippen LogP contribution in [0.4, 0.5) is 11.6 Å².